The van der Waals surface area contributed by atoms with Crippen molar-refractivity contribution in [1.82, 2.24) is 5.32 Å². The van der Waals surface area contributed by atoms with Crippen LogP contribution in [0.25, 0.3) is 11.0 Å². The maximum atomic E-state index is 12.0. The van der Waals surface area contributed by atoms with E-state index in [1.807, 2.05) is 6.07 Å². The van der Waals surface area contributed by atoms with Crippen molar-refractivity contribution >= 4 is 16.9 Å². The SMILES string of the molecule is C#CCC(C)NC(=O)c1cc2ccccc2oc1=O. The molecule has 1 atom stereocenters. The number of benzene rings is 1. The molecule has 0 radical (unpaired) electrons. The van der Waals surface area contributed by atoms with Crippen molar-refractivity contribution in [2.75, 3.05) is 0 Å². The second-order valence-electron chi connectivity index (χ2n) is 4.27. The van der Waals surface area contributed by atoms with Gasteiger partial charge in [-0.3, -0.25) is 4.79 Å². The summed E-state index contributed by atoms with van der Waals surface area (Å²) in [6.07, 6.45) is 5.57. The number of nitrogens with one attached hydrogen (secondary N) is 1. The number of terminal acetylenes is 1. The predicted molar refractivity (Wildman–Crippen MR) is 72.9 cm³/mol. The molecular weight excluding hydrogens is 242 g/mol. The Morgan fingerprint density at radius 1 is 1.47 bits per heavy atom. The number of carbonyl (C=O) groups excluding carboxylic acids is 1. The molecule has 4 nitrogen and oxygen atoms in total. The third-order valence-corrected chi connectivity index (χ3v) is 2.69. The number of rotatable bonds is 3. The standard InChI is InChI=1S/C15H13NO3/c1-3-6-10(2)16-14(17)12-9-11-7-4-5-8-13(11)19-15(12)18/h1,4-5,7-10H,6H2,2H3,(H,16,17). The van der Waals surface area contributed by atoms with Crippen molar-refractivity contribution in [2.24, 2.45) is 0 Å². The molecule has 1 amide bonds. The summed E-state index contributed by atoms with van der Waals surface area (Å²) in [4.78, 5) is 23.7. The molecule has 1 aromatic carbocycles. The largest absolute Gasteiger partial charge is 0.422 e. The van der Waals surface area contributed by atoms with Crippen LogP contribution in [0.15, 0.2) is 39.5 Å². The van der Waals surface area contributed by atoms with Gasteiger partial charge >= 0.3 is 5.63 Å². The van der Waals surface area contributed by atoms with Crippen LogP contribution in [0.2, 0.25) is 0 Å². The molecule has 2 rings (SSSR count). The average Bonchev–Trinajstić information content (AvgIpc) is 2.38. The third-order valence-electron chi connectivity index (χ3n) is 2.69. The van der Waals surface area contributed by atoms with E-state index in [0.29, 0.717) is 17.4 Å². The van der Waals surface area contributed by atoms with Crippen LogP contribution in [0.1, 0.15) is 23.7 Å². The number of amides is 1. The van der Waals surface area contributed by atoms with Crippen LogP contribution in [-0.2, 0) is 0 Å². The molecule has 4 heteroatoms. The van der Waals surface area contributed by atoms with Crippen molar-refractivity contribution in [3.8, 4) is 12.3 Å². The maximum Gasteiger partial charge on any atom is 0.349 e. The molecule has 1 heterocycles. The number of carbonyl (C=O) groups is 1. The Morgan fingerprint density at radius 2 is 2.21 bits per heavy atom. The van der Waals surface area contributed by atoms with Crippen molar-refractivity contribution in [3.63, 3.8) is 0 Å². The second kappa shape index (κ2) is 5.40. The highest BCUT2D eigenvalue weighted by Gasteiger charge is 2.15. The van der Waals surface area contributed by atoms with Crippen LogP contribution in [0, 0.1) is 12.3 Å². The minimum absolute atomic E-state index is 0.0115. The molecular formula is C15H13NO3. The zero-order valence-corrected chi connectivity index (χ0v) is 10.5. The van der Waals surface area contributed by atoms with Gasteiger partial charge in [-0.05, 0) is 19.1 Å². The lowest BCUT2D eigenvalue weighted by Crippen LogP contribution is -2.35. The quantitative estimate of drug-likeness (QED) is 0.673. The van der Waals surface area contributed by atoms with Gasteiger partial charge < -0.3 is 9.73 Å². The molecule has 0 aliphatic heterocycles. The van der Waals surface area contributed by atoms with Crippen LogP contribution >= 0.6 is 0 Å². The van der Waals surface area contributed by atoms with E-state index in [2.05, 4.69) is 11.2 Å². The second-order valence-corrected chi connectivity index (χ2v) is 4.27. The smallest absolute Gasteiger partial charge is 0.349 e. The number of hydrogen-bond donors (Lipinski definition) is 1. The Hall–Kier alpha value is -2.54. The highest BCUT2D eigenvalue weighted by molar-refractivity contribution is 5.96. The molecule has 1 N–H and O–H groups in total. The maximum absolute atomic E-state index is 12.0. The minimum atomic E-state index is -0.649. The molecule has 19 heavy (non-hydrogen) atoms. The lowest BCUT2D eigenvalue weighted by molar-refractivity contribution is 0.0937. The van der Waals surface area contributed by atoms with Crippen LogP contribution in [0.4, 0.5) is 0 Å². The molecule has 2 aromatic rings. The van der Waals surface area contributed by atoms with E-state index in [9.17, 15) is 9.59 Å². The Morgan fingerprint density at radius 3 is 2.95 bits per heavy atom. The van der Waals surface area contributed by atoms with Crippen molar-refractivity contribution < 1.29 is 9.21 Å². The zero-order chi connectivity index (χ0) is 13.8. The predicted octanol–water partition coefficient (Wildman–Crippen LogP) is 1.93. The first-order chi connectivity index (χ1) is 9.11. The summed E-state index contributed by atoms with van der Waals surface area (Å²) in [5.41, 5.74) is -0.201. The molecule has 0 saturated carbocycles. The number of fused-ring (bicyclic) bond motifs is 1. The number of hydrogen-bond acceptors (Lipinski definition) is 3. The van der Waals surface area contributed by atoms with Crippen LogP contribution in [0.5, 0.6) is 0 Å². The first kappa shape index (κ1) is 12.9. The van der Waals surface area contributed by atoms with Gasteiger partial charge in [0, 0.05) is 17.8 Å². The van der Waals surface area contributed by atoms with E-state index in [0.717, 1.165) is 0 Å². The Labute approximate surface area is 110 Å². The van der Waals surface area contributed by atoms with Gasteiger partial charge in [0.15, 0.2) is 0 Å². The van der Waals surface area contributed by atoms with E-state index in [1.165, 1.54) is 6.07 Å². The summed E-state index contributed by atoms with van der Waals surface area (Å²) in [6.45, 7) is 1.78. The van der Waals surface area contributed by atoms with Gasteiger partial charge in [0.2, 0.25) is 0 Å². The molecule has 0 fully saturated rings. The average molecular weight is 255 g/mol. The fourth-order valence-electron chi connectivity index (χ4n) is 1.75. The molecule has 0 spiro atoms. The van der Waals surface area contributed by atoms with Gasteiger partial charge in [-0.25, -0.2) is 4.79 Å². The Balaban J connectivity index is 2.35. The van der Waals surface area contributed by atoms with Crippen LogP contribution in [-0.4, -0.2) is 11.9 Å². The Kier molecular flexibility index (Phi) is 3.67. The first-order valence-corrected chi connectivity index (χ1v) is 5.89. The van der Waals surface area contributed by atoms with Crippen LogP contribution < -0.4 is 10.9 Å². The van der Waals surface area contributed by atoms with Crippen molar-refractivity contribution in [2.45, 2.75) is 19.4 Å². The van der Waals surface area contributed by atoms with Crippen LogP contribution in [0.3, 0.4) is 0 Å². The van der Waals surface area contributed by atoms with Gasteiger partial charge in [-0.15, -0.1) is 12.3 Å². The fourth-order valence-corrected chi connectivity index (χ4v) is 1.75. The van der Waals surface area contributed by atoms with Crippen molar-refractivity contribution in [3.05, 3.63) is 46.3 Å². The molecule has 96 valence electrons. The molecule has 1 aromatic heterocycles. The third kappa shape index (κ3) is 2.83. The first-order valence-electron chi connectivity index (χ1n) is 5.89. The summed E-state index contributed by atoms with van der Waals surface area (Å²) < 4.78 is 5.10. The highest BCUT2D eigenvalue weighted by Crippen LogP contribution is 2.12. The van der Waals surface area contributed by atoms with E-state index in [-0.39, 0.29) is 11.6 Å². The summed E-state index contributed by atoms with van der Waals surface area (Å²) >= 11 is 0. The van der Waals surface area contributed by atoms with Gasteiger partial charge in [0.25, 0.3) is 5.91 Å². The summed E-state index contributed by atoms with van der Waals surface area (Å²) in [6, 6.07) is 8.37. The molecule has 0 aliphatic carbocycles. The lowest BCUT2D eigenvalue weighted by Gasteiger charge is -2.10. The van der Waals surface area contributed by atoms with E-state index >= 15 is 0 Å². The molecule has 0 aliphatic rings. The summed E-state index contributed by atoms with van der Waals surface area (Å²) in [5.74, 6) is 1.98. The van der Waals surface area contributed by atoms with E-state index in [1.54, 1.807) is 25.1 Å². The summed E-state index contributed by atoms with van der Waals surface area (Å²) in [5, 5.41) is 3.37. The van der Waals surface area contributed by atoms with E-state index < -0.39 is 11.5 Å². The molecule has 1 unspecified atom stereocenters. The minimum Gasteiger partial charge on any atom is -0.422 e. The van der Waals surface area contributed by atoms with E-state index in [4.69, 9.17) is 10.8 Å². The normalized spacial score (nSPS) is 11.8. The van der Waals surface area contributed by atoms with Gasteiger partial charge in [-0.1, -0.05) is 18.2 Å². The molecule has 0 bridgehead atoms. The summed E-state index contributed by atoms with van der Waals surface area (Å²) in [7, 11) is 0. The van der Waals surface area contributed by atoms with Gasteiger partial charge in [0.1, 0.15) is 11.1 Å². The number of para-hydroxylation sites is 1. The van der Waals surface area contributed by atoms with Gasteiger partial charge in [-0.2, -0.15) is 0 Å². The fraction of sp³-hybridized carbons (Fsp3) is 0.200. The highest BCUT2D eigenvalue weighted by atomic mass is 16.4. The monoisotopic (exact) mass is 255 g/mol. The lowest BCUT2D eigenvalue weighted by atomic mass is 10.1. The molecule has 0 saturated heterocycles. The Bertz CT molecular complexity index is 709. The van der Waals surface area contributed by atoms with Crippen molar-refractivity contribution in [1.29, 1.82) is 0 Å². The zero-order valence-electron chi connectivity index (χ0n) is 10.5. The van der Waals surface area contributed by atoms with Gasteiger partial charge in [0.05, 0.1) is 0 Å². The topological polar surface area (TPSA) is 59.3 Å².